The van der Waals surface area contributed by atoms with Gasteiger partial charge in [-0.1, -0.05) is 6.92 Å². The van der Waals surface area contributed by atoms with Gasteiger partial charge in [0.15, 0.2) is 0 Å². The van der Waals surface area contributed by atoms with E-state index in [-0.39, 0.29) is 0 Å². The van der Waals surface area contributed by atoms with E-state index in [2.05, 4.69) is 27.9 Å². The fourth-order valence-electron chi connectivity index (χ4n) is 1.88. The van der Waals surface area contributed by atoms with E-state index in [0.29, 0.717) is 5.82 Å². The van der Waals surface area contributed by atoms with Crippen LogP contribution < -0.4 is 5.73 Å². The molecule has 2 aromatic heterocycles. The number of hydrogen-bond donors (Lipinski definition) is 1. The van der Waals surface area contributed by atoms with Crippen LogP contribution >= 0.6 is 0 Å². The largest absolute Gasteiger partial charge is 0.383 e. The second kappa shape index (κ2) is 5.12. The molecule has 2 heterocycles. The van der Waals surface area contributed by atoms with E-state index < -0.39 is 0 Å². The number of nitrogens with zero attached hydrogens (tertiary/aromatic N) is 3. The van der Waals surface area contributed by atoms with Gasteiger partial charge in [0.1, 0.15) is 11.6 Å². The minimum absolute atomic E-state index is 0.560. The summed E-state index contributed by atoms with van der Waals surface area (Å²) in [7, 11) is 0. The van der Waals surface area contributed by atoms with Gasteiger partial charge in [-0.15, -0.1) is 0 Å². The Bertz CT molecular complexity index is 564. The van der Waals surface area contributed by atoms with Gasteiger partial charge in [0.25, 0.3) is 0 Å². The van der Waals surface area contributed by atoms with Crippen molar-refractivity contribution in [3.8, 4) is 11.3 Å². The molecule has 0 aliphatic carbocycles. The van der Waals surface area contributed by atoms with Crippen molar-refractivity contribution < 1.29 is 0 Å². The highest BCUT2D eigenvalue weighted by atomic mass is 15.0. The van der Waals surface area contributed by atoms with Crippen molar-refractivity contribution in [2.75, 3.05) is 5.73 Å². The number of rotatable bonds is 3. The van der Waals surface area contributed by atoms with Gasteiger partial charge in [-0.05, 0) is 31.9 Å². The zero-order chi connectivity index (χ0) is 13.1. The topological polar surface area (TPSA) is 64.7 Å². The minimum atomic E-state index is 0.560. The Labute approximate surface area is 107 Å². The van der Waals surface area contributed by atoms with E-state index >= 15 is 0 Å². The molecule has 0 fully saturated rings. The molecule has 0 saturated heterocycles. The van der Waals surface area contributed by atoms with E-state index in [1.807, 2.05) is 26.2 Å². The third-order valence-corrected chi connectivity index (χ3v) is 2.85. The van der Waals surface area contributed by atoms with Crippen molar-refractivity contribution in [1.82, 2.24) is 15.0 Å². The van der Waals surface area contributed by atoms with Crippen LogP contribution in [-0.2, 0) is 6.42 Å². The molecule has 4 nitrogen and oxygen atoms in total. The molecule has 2 N–H and O–H groups in total. The van der Waals surface area contributed by atoms with Gasteiger partial charge < -0.3 is 5.73 Å². The maximum atomic E-state index is 5.96. The Morgan fingerprint density at radius 2 is 1.94 bits per heavy atom. The first-order valence-electron chi connectivity index (χ1n) is 6.16. The summed E-state index contributed by atoms with van der Waals surface area (Å²) in [6.45, 7) is 6.07. The van der Waals surface area contributed by atoms with E-state index in [4.69, 9.17) is 5.73 Å². The Morgan fingerprint density at radius 1 is 1.17 bits per heavy atom. The van der Waals surface area contributed by atoms with Crippen LogP contribution in [0.3, 0.4) is 0 Å². The summed E-state index contributed by atoms with van der Waals surface area (Å²) in [6, 6.07) is 2.07. The number of anilines is 1. The molecule has 0 spiro atoms. The first kappa shape index (κ1) is 12.5. The van der Waals surface area contributed by atoms with Crippen molar-refractivity contribution in [2.24, 2.45) is 0 Å². The summed E-state index contributed by atoms with van der Waals surface area (Å²) in [4.78, 5) is 13.1. The molecule has 4 heteroatoms. The molecular formula is C14H18N4. The van der Waals surface area contributed by atoms with Crippen LogP contribution in [0, 0.1) is 13.8 Å². The Hall–Kier alpha value is -1.97. The smallest absolute Gasteiger partial charge is 0.131 e. The standard InChI is InChI=1S/C14H18N4/c1-4-5-12-17-13(10(3)14(15)18-12)11-6-9(2)7-16-8-11/h6-8H,4-5H2,1-3H3,(H2,15,17,18). The number of nitrogen functional groups attached to an aromatic ring is 1. The number of aromatic nitrogens is 3. The predicted molar refractivity (Wildman–Crippen MR) is 73.1 cm³/mol. The lowest BCUT2D eigenvalue weighted by atomic mass is 10.1. The van der Waals surface area contributed by atoms with Crippen LogP contribution in [0.15, 0.2) is 18.5 Å². The quantitative estimate of drug-likeness (QED) is 0.898. The summed E-state index contributed by atoms with van der Waals surface area (Å²) in [6.07, 6.45) is 5.50. The molecule has 2 aromatic rings. The Morgan fingerprint density at radius 3 is 2.61 bits per heavy atom. The molecule has 0 amide bonds. The van der Waals surface area contributed by atoms with Crippen molar-refractivity contribution >= 4 is 5.82 Å². The number of nitrogens with two attached hydrogens (primary N) is 1. The van der Waals surface area contributed by atoms with Crippen LogP contribution in [-0.4, -0.2) is 15.0 Å². The Kier molecular flexibility index (Phi) is 3.55. The van der Waals surface area contributed by atoms with E-state index in [1.54, 1.807) is 0 Å². The van der Waals surface area contributed by atoms with E-state index in [9.17, 15) is 0 Å². The molecule has 0 radical (unpaired) electrons. The predicted octanol–water partition coefficient (Wildman–Crippen LogP) is 2.69. The highest BCUT2D eigenvalue weighted by molar-refractivity contribution is 5.66. The average Bonchev–Trinajstić information content (AvgIpc) is 2.34. The third kappa shape index (κ3) is 2.47. The van der Waals surface area contributed by atoms with Crippen LogP contribution in [0.1, 0.15) is 30.3 Å². The molecule has 18 heavy (non-hydrogen) atoms. The maximum absolute atomic E-state index is 5.96. The third-order valence-electron chi connectivity index (χ3n) is 2.85. The van der Waals surface area contributed by atoms with Crippen molar-refractivity contribution in [3.63, 3.8) is 0 Å². The summed E-state index contributed by atoms with van der Waals surface area (Å²) in [5.41, 5.74) is 9.88. The van der Waals surface area contributed by atoms with Crippen molar-refractivity contribution in [2.45, 2.75) is 33.6 Å². The number of pyridine rings is 1. The molecule has 0 saturated carbocycles. The summed E-state index contributed by atoms with van der Waals surface area (Å²) in [5.74, 6) is 1.36. The van der Waals surface area contributed by atoms with Crippen LogP contribution in [0.2, 0.25) is 0 Å². The van der Waals surface area contributed by atoms with Gasteiger partial charge in [0.05, 0.1) is 5.69 Å². The zero-order valence-corrected chi connectivity index (χ0v) is 11.1. The maximum Gasteiger partial charge on any atom is 0.131 e. The van der Waals surface area contributed by atoms with Gasteiger partial charge in [-0.2, -0.15) is 0 Å². The zero-order valence-electron chi connectivity index (χ0n) is 11.1. The fourth-order valence-corrected chi connectivity index (χ4v) is 1.88. The summed E-state index contributed by atoms with van der Waals surface area (Å²) < 4.78 is 0. The van der Waals surface area contributed by atoms with Crippen molar-refractivity contribution in [1.29, 1.82) is 0 Å². The first-order valence-corrected chi connectivity index (χ1v) is 6.16. The molecule has 94 valence electrons. The Balaban J connectivity index is 2.55. The second-order valence-corrected chi connectivity index (χ2v) is 4.50. The highest BCUT2D eigenvalue weighted by Gasteiger charge is 2.10. The van der Waals surface area contributed by atoms with Crippen LogP contribution in [0.5, 0.6) is 0 Å². The van der Waals surface area contributed by atoms with Gasteiger partial charge >= 0.3 is 0 Å². The van der Waals surface area contributed by atoms with E-state index in [0.717, 1.165) is 41.1 Å². The lowest BCUT2D eigenvalue weighted by Gasteiger charge is -2.10. The highest BCUT2D eigenvalue weighted by Crippen LogP contribution is 2.24. The molecule has 0 unspecified atom stereocenters. The summed E-state index contributed by atoms with van der Waals surface area (Å²) >= 11 is 0. The monoisotopic (exact) mass is 242 g/mol. The second-order valence-electron chi connectivity index (χ2n) is 4.50. The fraction of sp³-hybridized carbons (Fsp3) is 0.357. The molecule has 0 aliphatic heterocycles. The van der Waals surface area contributed by atoms with Crippen molar-refractivity contribution in [3.05, 3.63) is 35.4 Å². The van der Waals surface area contributed by atoms with Gasteiger partial charge in [0, 0.05) is 29.9 Å². The average molecular weight is 242 g/mol. The number of aryl methyl sites for hydroxylation is 2. The molecular weight excluding hydrogens is 224 g/mol. The lowest BCUT2D eigenvalue weighted by Crippen LogP contribution is -2.05. The SMILES string of the molecule is CCCc1nc(N)c(C)c(-c2cncc(C)c2)n1. The minimum Gasteiger partial charge on any atom is -0.383 e. The van der Waals surface area contributed by atoms with Gasteiger partial charge in [0.2, 0.25) is 0 Å². The molecule has 0 aromatic carbocycles. The normalized spacial score (nSPS) is 10.6. The molecule has 0 aliphatic rings. The summed E-state index contributed by atoms with van der Waals surface area (Å²) in [5, 5.41) is 0. The van der Waals surface area contributed by atoms with Crippen LogP contribution in [0.4, 0.5) is 5.82 Å². The number of hydrogen-bond acceptors (Lipinski definition) is 4. The molecule has 2 rings (SSSR count). The van der Waals surface area contributed by atoms with Gasteiger partial charge in [-0.25, -0.2) is 9.97 Å². The molecule has 0 bridgehead atoms. The van der Waals surface area contributed by atoms with Crippen LogP contribution in [0.25, 0.3) is 11.3 Å². The lowest BCUT2D eigenvalue weighted by molar-refractivity contribution is 0.836. The van der Waals surface area contributed by atoms with Gasteiger partial charge in [-0.3, -0.25) is 4.98 Å². The molecule has 0 atom stereocenters. The first-order chi connectivity index (χ1) is 8.61. The van der Waals surface area contributed by atoms with E-state index in [1.165, 1.54) is 0 Å².